The van der Waals surface area contributed by atoms with Gasteiger partial charge in [0.15, 0.2) is 0 Å². The summed E-state index contributed by atoms with van der Waals surface area (Å²) in [6.45, 7) is 0.378. The first-order valence-electron chi connectivity index (χ1n) is 7.34. The molecule has 22 heavy (non-hydrogen) atoms. The SMILES string of the molecule is O=C(NCc1ccc(Cl)cc1)C1=C(O)C2=CCCCC2N=C1. The van der Waals surface area contributed by atoms with Gasteiger partial charge in [0.1, 0.15) is 5.76 Å². The number of fused-ring (bicyclic) bond motifs is 1. The number of nitrogens with one attached hydrogen (secondary N) is 1. The lowest BCUT2D eigenvalue weighted by atomic mass is 9.89. The molecule has 2 N–H and O–H groups in total. The maximum absolute atomic E-state index is 12.2. The van der Waals surface area contributed by atoms with Crippen LogP contribution in [0.1, 0.15) is 24.8 Å². The first-order valence-corrected chi connectivity index (χ1v) is 7.72. The van der Waals surface area contributed by atoms with Crippen LogP contribution in [0.4, 0.5) is 0 Å². The fraction of sp³-hybridized carbons (Fsp3) is 0.294. The number of aliphatic imine (C=N–C) groups is 1. The molecule has 5 heteroatoms. The van der Waals surface area contributed by atoms with E-state index in [2.05, 4.69) is 10.3 Å². The zero-order valence-electron chi connectivity index (χ0n) is 12.1. The van der Waals surface area contributed by atoms with Crippen LogP contribution >= 0.6 is 11.6 Å². The van der Waals surface area contributed by atoms with Crippen molar-refractivity contribution in [3.05, 3.63) is 57.8 Å². The molecule has 3 rings (SSSR count). The van der Waals surface area contributed by atoms with Crippen LogP contribution in [0.25, 0.3) is 0 Å². The van der Waals surface area contributed by atoms with E-state index in [1.165, 1.54) is 6.21 Å². The smallest absolute Gasteiger partial charge is 0.256 e. The largest absolute Gasteiger partial charge is 0.507 e. The van der Waals surface area contributed by atoms with Crippen molar-refractivity contribution in [2.45, 2.75) is 31.8 Å². The van der Waals surface area contributed by atoms with Gasteiger partial charge in [0.2, 0.25) is 0 Å². The Balaban J connectivity index is 1.70. The quantitative estimate of drug-likeness (QED) is 0.898. The predicted octanol–water partition coefficient (Wildman–Crippen LogP) is 3.33. The molecule has 1 aliphatic carbocycles. The van der Waals surface area contributed by atoms with Gasteiger partial charge in [0, 0.05) is 23.4 Å². The van der Waals surface area contributed by atoms with E-state index in [4.69, 9.17) is 11.6 Å². The molecule has 2 aliphatic rings. The Labute approximate surface area is 134 Å². The number of rotatable bonds is 3. The van der Waals surface area contributed by atoms with Crippen LogP contribution < -0.4 is 5.32 Å². The van der Waals surface area contributed by atoms with E-state index in [0.717, 1.165) is 30.4 Å². The standard InChI is InChI=1S/C17H17ClN2O2/c18-12-7-5-11(6-8-12)9-20-17(22)14-10-19-15-4-2-1-3-13(15)16(14)21/h3,5-8,10,15,21H,1-2,4,9H2,(H,20,22). The summed E-state index contributed by atoms with van der Waals surface area (Å²) in [5.74, 6) is -0.255. The maximum atomic E-state index is 12.2. The summed E-state index contributed by atoms with van der Waals surface area (Å²) in [6, 6.07) is 7.26. The first kappa shape index (κ1) is 14.9. The molecule has 4 nitrogen and oxygen atoms in total. The highest BCUT2D eigenvalue weighted by molar-refractivity contribution is 6.30. The van der Waals surface area contributed by atoms with Crippen molar-refractivity contribution in [1.29, 1.82) is 0 Å². The molecule has 1 heterocycles. The van der Waals surface area contributed by atoms with Crippen LogP contribution in [0.15, 0.2) is 52.2 Å². The van der Waals surface area contributed by atoms with Gasteiger partial charge in [-0.15, -0.1) is 0 Å². The minimum atomic E-state index is -0.318. The van der Waals surface area contributed by atoms with E-state index >= 15 is 0 Å². The first-order chi connectivity index (χ1) is 10.6. The van der Waals surface area contributed by atoms with Crippen molar-refractivity contribution in [2.75, 3.05) is 0 Å². The van der Waals surface area contributed by atoms with Crippen molar-refractivity contribution in [3.8, 4) is 0 Å². The molecule has 0 radical (unpaired) electrons. The van der Waals surface area contributed by atoms with Crippen LogP contribution in [-0.4, -0.2) is 23.3 Å². The summed E-state index contributed by atoms with van der Waals surface area (Å²) in [4.78, 5) is 16.6. The second-order valence-corrected chi connectivity index (χ2v) is 5.89. The number of aliphatic hydroxyl groups excluding tert-OH is 1. The minimum absolute atomic E-state index is 0.00145. The second-order valence-electron chi connectivity index (χ2n) is 5.46. The van der Waals surface area contributed by atoms with E-state index in [9.17, 15) is 9.90 Å². The number of halogens is 1. The number of hydrogen-bond donors (Lipinski definition) is 2. The molecule has 1 unspecified atom stereocenters. The summed E-state index contributed by atoms with van der Waals surface area (Å²) in [6.07, 6.45) is 6.38. The molecule has 0 saturated heterocycles. The summed E-state index contributed by atoms with van der Waals surface area (Å²) >= 11 is 5.83. The summed E-state index contributed by atoms with van der Waals surface area (Å²) in [5, 5.41) is 13.8. The average Bonchev–Trinajstić information content (AvgIpc) is 2.55. The Kier molecular flexibility index (Phi) is 4.29. The van der Waals surface area contributed by atoms with Gasteiger partial charge in [0.25, 0.3) is 5.91 Å². The van der Waals surface area contributed by atoms with Crippen molar-refractivity contribution >= 4 is 23.7 Å². The summed E-state index contributed by atoms with van der Waals surface area (Å²) < 4.78 is 0. The van der Waals surface area contributed by atoms with Crippen molar-refractivity contribution in [1.82, 2.24) is 5.32 Å². The van der Waals surface area contributed by atoms with Crippen LogP contribution in [0, 0.1) is 0 Å². The van der Waals surface area contributed by atoms with Crippen molar-refractivity contribution in [3.63, 3.8) is 0 Å². The van der Waals surface area contributed by atoms with Crippen LogP contribution in [0.5, 0.6) is 0 Å². The Hall–Kier alpha value is -2.07. The third-order valence-corrected chi connectivity index (χ3v) is 4.18. The predicted molar refractivity (Wildman–Crippen MR) is 87.2 cm³/mol. The monoisotopic (exact) mass is 316 g/mol. The lowest BCUT2D eigenvalue weighted by Crippen LogP contribution is -2.30. The molecule has 1 aromatic carbocycles. The lowest BCUT2D eigenvalue weighted by Gasteiger charge is -2.24. The third-order valence-electron chi connectivity index (χ3n) is 3.93. The molecule has 1 aromatic rings. The highest BCUT2D eigenvalue weighted by Gasteiger charge is 2.27. The fourth-order valence-electron chi connectivity index (χ4n) is 2.70. The van der Waals surface area contributed by atoms with Gasteiger partial charge in [-0.25, -0.2) is 0 Å². The van der Waals surface area contributed by atoms with E-state index in [1.807, 2.05) is 18.2 Å². The molecule has 0 saturated carbocycles. The molecule has 0 bridgehead atoms. The molecule has 0 aromatic heterocycles. The number of carbonyl (C=O) groups is 1. The van der Waals surface area contributed by atoms with Crippen molar-refractivity contribution in [2.24, 2.45) is 4.99 Å². The van der Waals surface area contributed by atoms with Crippen LogP contribution in [-0.2, 0) is 11.3 Å². The molecule has 114 valence electrons. The zero-order valence-corrected chi connectivity index (χ0v) is 12.8. The Morgan fingerprint density at radius 3 is 2.91 bits per heavy atom. The molecule has 1 atom stereocenters. The van der Waals surface area contributed by atoms with Gasteiger partial charge in [-0.05, 0) is 37.0 Å². The topological polar surface area (TPSA) is 61.7 Å². The highest BCUT2D eigenvalue weighted by atomic mass is 35.5. The van der Waals surface area contributed by atoms with E-state index < -0.39 is 0 Å². The van der Waals surface area contributed by atoms with Crippen molar-refractivity contribution < 1.29 is 9.90 Å². The minimum Gasteiger partial charge on any atom is -0.507 e. The fourth-order valence-corrected chi connectivity index (χ4v) is 2.82. The van der Waals surface area contributed by atoms with Crippen LogP contribution in [0.2, 0.25) is 5.02 Å². The zero-order chi connectivity index (χ0) is 15.5. The Bertz CT molecular complexity index is 674. The summed E-state index contributed by atoms with van der Waals surface area (Å²) in [7, 11) is 0. The number of hydrogen-bond acceptors (Lipinski definition) is 3. The van der Waals surface area contributed by atoms with E-state index in [-0.39, 0.29) is 23.3 Å². The number of nitrogens with zero attached hydrogens (tertiary/aromatic N) is 1. The molecule has 0 fully saturated rings. The van der Waals surface area contributed by atoms with Gasteiger partial charge in [-0.3, -0.25) is 9.79 Å². The highest BCUT2D eigenvalue weighted by Crippen LogP contribution is 2.30. The molecule has 1 aliphatic heterocycles. The molecular formula is C17H17ClN2O2. The Morgan fingerprint density at radius 2 is 2.14 bits per heavy atom. The molecule has 1 amide bonds. The third kappa shape index (κ3) is 3.07. The van der Waals surface area contributed by atoms with Gasteiger partial charge < -0.3 is 10.4 Å². The van der Waals surface area contributed by atoms with E-state index in [1.54, 1.807) is 12.1 Å². The number of amides is 1. The lowest BCUT2D eigenvalue weighted by molar-refractivity contribution is -0.117. The number of aliphatic hydroxyl groups is 1. The molecule has 0 spiro atoms. The second kappa shape index (κ2) is 6.36. The van der Waals surface area contributed by atoms with Gasteiger partial charge >= 0.3 is 0 Å². The molecular weight excluding hydrogens is 300 g/mol. The van der Waals surface area contributed by atoms with Gasteiger partial charge in [-0.1, -0.05) is 29.8 Å². The number of dihydropyridines is 1. The normalized spacial score (nSPS) is 20.4. The van der Waals surface area contributed by atoms with Crippen LogP contribution in [0.3, 0.4) is 0 Å². The number of benzene rings is 1. The Morgan fingerprint density at radius 1 is 1.36 bits per heavy atom. The number of carbonyl (C=O) groups excluding carboxylic acids is 1. The van der Waals surface area contributed by atoms with Gasteiger partial charge in [-0.2, -0.15) is 0 Å². The van der Waals surface area contributed by atoms with Gasteiger partial charge in [0.05, 0.1) is 11.6 Å². The number of allylic oxidation sites excluding steroid dienone is 1. The van der Waals surface area contributed by atoms with E-state index in [0.29, 0.717) is 11.6 Å². The summed E-state index contributed by atoms with van der Waals surface area (Å²) in [5.41, 5.74) is 1.96. The maximum Gasteiger partial charge on any atom is 0.256 e. The average molecular weight is 317 g/mol.